The first-order valence-corrected chi connectivity index (χ1v) is 4.43. The van der Waals surface area contributed by atoms with E-state index in [1.165, 1.54) is 6.92 Å². The topological polar surface area (TPSA) is 69.7 Å². The SMILES string of the molecule is CC(=O)C(C(=O)OP)=C(C)C(=O)OP. The molecule has 2 unspecified atom stereocenters. The molecule has 14 heavy (non-hydrogen) atoms. The van der Waals surface area contributed by atoms with E-state index < -0.39 is 17.7 Å². The van der Waals surface area contributed by atoms with Gasteiger partial charge in [-0.05, 0) is 13.8 Å². The van der Waals surface area contributed by atoms with E-state index in [-0.39, 0.29) is 11.1 Å². The predicted molar refractivity (Wildman–Crippen MR) is 55.0 cm³/mol. The van der Waals surface area contributed by atoms with Crippen molar-refractivity contribution in [2.45, 2.75) is 13.8 Å². The Morgan fingerprint density at radius 2 is 1.36 bits per heavy atom. The molecule has 0 aliphatic rings. The summed E-state index contributed by atoms with van der Waals surface area (Å²) in [6, 6.07) is 0. The minimum Gasteiger partial charge on any atom is -0.448 e. The van der Waals surface area contributed by atoms with Crippen LogP contribution in [0.1, 0.15) is 13.8 Å². The Labute approximate surface area is 85.8 Å². The Morgan fingerprint density at radius 3 is 1.64 bits per heavy atom. The van der Waals surface area contributed by atoms with Crippen LogP contribution in [0.2, 0.25) is 0 Å². The second-order valence-electron chi connectivity index (χ2n) is 2.37. The van der Waals surface area contributed by atoms with E-state index in [0.29, 0.717) is 0 Å². The number of carbonyl (C=O) groups is 3. The molecule has 0 radical (unpaired) electrons. The average Bonchev–Trinajstić information content (AvgIpc) is 2.15. The average molecular weight is 236 g/mol. The van der Waals surface area contributed by atoms with Crippen LogP contribution in [0.3, 0.4) is 0 Å². The second kappa shape index (κ2) is 5.84. The lowest BCUT2D eigenvalue weighted by molar-refractivity contribution is -0.133. The molecule has 7 heteroatoms. The van der Waals surface area contributed by atoms with E-state index in [2.05, 4.69) is 9.05 Å². The van der Waals surface area contributed by atoms with Crippen molar-refractivity contribution in [3.8, 4) is 0 Å². The van der Waals surface area contributed by atoms with E-state index in [1.54, 1.807) is 18.9 Å². The summed E-state index contributed by atoms with van der Waals surface area (Å²) in [6.45, 7) is 2.47. The van der Waals surface area contributed by atoms with E-state index in [0.717, 1.165) is 6.92 Å². The van der Waals surface area contributed by atoms with Crippen LogP contribution in [0.25, 0.3) is 0 Å². The molecule has 0 saturated heterocycles. The molecule has 78 valence electrons. The number of hydrogen-bond donors (Lipinski definition) is 0. The smallest absolute Gasteiger partial charge is 0.344 e. The zero-order valence-corrected chi connectivity index (χ0v) is 10.0. The van der Waals surface area contributed by atoms with Gasteiger partial charge in [0.1, 0.15) is 5.57 Å². The summed E-state index contributed by atoms with van der Waals surface area (Å²) in [5, 5.41) is 0. The highest BCUT2D eigenvalue weighted by molar-refractivity contribution is 7.11. The van der Waals surface area contributed by atoms with Gasteiger partial charge in [0.25, 0.3) is 0 Å². The van der Waals surface area contributed by atoms with Gasteiger partial charge in [0.15, 0.2) is 5.78 Å². The molecule has 0 N–H and O–H groups in total. The van der Waals surface area contributed by atoms with E-state index in [1.807, 2.05) is 0 Å². The summed E-state index contributed by atoms with van der Waals surface area (Å²) in [6.07, 6.45) is 0. The molecule has 0 heterocycles. The molecule has 0 fully saturated rings. The van der Waals surface area contributed by atoms with E-state index in [4.69, 9.17) is 0 Å². The van der Waals surface area contributed by atoms with Crippen molar-refractivity contribution in [1.82, 2.24) is 0 Å². The summed E-state index contributed by atoms with van der Waals surface area (Å²) < 4.78 is 8.56. The summed E-state index contributed by atoms with van der Waals surface area (Å²) in [7, 11) is 3.44. The van der Waals surface area contributed by atoms with Crippen molar-refractivity contribution in [1.29, 1.82) is 0 Å². The van der Waals surface area contributed by atoms with Gasteiger partial charge in [0.2, 0.25) is 0 Å². The Hall–Kier alpha value is -0.790. The van der Waals surface area contributed by atoms with Crippen molar-refractivity contribution in [3.05, 3.63) is 11.1 Å². The quantitative estimate of drug-likeness (QED) is 0.310. The van der Waals surface area contributed by atoms with Gasteiger partial charge >= 0.3 is 11.9 Å². The van der Waals surface area contributed by atoms with Crippen LogP contribution in [-0.4, -0.2) is 17.7 Å². The van der Waals surface area contributed by atoms with Gasteiger partial charge < -0.3 is 9.05 Å². The van der Waals surface area contributed by atoms with Crippen LogP contribution in [0.15, 0.2) is 11.1 Å². The lowest BCUT2D eigenvalue weighted by Crippen LogP contribution is -2.16. The normalized spacial score (nSPS) is 11.4. The molecule has 0 aromatic heterocycles. The third kappa shape index (κ3) is 3.17. The molecule has 0 bridgehead atoms. The molecule has 0 spiro atoms. The maximum Gasteiger partial charge on any atom is 0.344 e. The Balaban J connectivity index is 5.27. The molecular weight excluding hydrogens is 226 g/mol. The fourth-order valence-electron chi connectivity index (χ4n) is 0.810. The fourth-order valence-corrected chi connectivity index (χ4v) is 1.10. The molecule has 0 aromatic carbocycles. The third-order valence-electron chi connectivity index (χ3n) is 1.45. The van der Waals surface area contributed by atoms with Gasteiger partial charge in [-0.15, -0.1) is 0 Å². The maximum atomic E-state index is 11.1. The first-order chi connectivity index (χ1) is 6.45. The van der Waals surface area contributed by atoms with Gasteiger partial charge in [-0.1, -0.05) is 0 Å². The third-order valence-corrected chi connectivity index (χ3v) is 1.88. The van der Waals surface area contributed by atoms with Crippen LogP contribution in [-0.2, 0) is 23.4 Å². The Morgan fingerprint density at radius 1 is 0.929 bits per heavy atom. The van der Waals surface area contributed by atoms with Crippen molar-refractivity contribution in [2.24, 2.45) is 0 Å². The minimum absolute atomic E-state index is 0.0834. The van der Waals surface area contributed by atoms with Crippen LogP contribution in [0.4, 0.5) is 0 Å². The molecule has 0 rings (SSSR count). The first-order valence-electron chi connectivity index (χ1n) is 3.49. The van der Waals surface area contributed by atoms with Gasteiger partial charge in [-0.2, -0.15) is 0 Å². The Bertz CT molecular complexity index is 307. The monoisotopic (exact) mass is 236 g/mol. The predicted octanol–water partition coefficient (Wildman–Crippen LogP) is 0.558. The molecule has 5 nitrogen and oxygen atoms in total. The summed E-state index contributed by atoms with van der Waals surface area (Å²) in [5.74, 6) is -2.20. The minimum atomic E-state index is -0.879. The molecule has 0 aliphatic carbocycles. The van der Waals surface area contributed by atoms with Crippen molar-refractivity contribution < 1.29 is 23.4 Å². The largest absolute Gasteiger partial charge is 0.448 e. The zero-order chi connectivity index (χ0) is 11.3. The van der Waals surface area contributed by atoms with E-state index in [9.17, 15) is 14.4 Å². The van der Waals surface area contributed by atoms with Gasteiger partial charge in [-0.25, -0.2) is 9.59 Å². The van der Waals surface area contributed by atoms with Gasteiger partial charge in [0, 0.05) is 0 Å². The Kier molecular flexibility index (Phi) is 5.51. The van der Waals surface area contributed by atoms with E-state index >= 15 is 0 Å². The fraction of sp³-hybridized carbons (Fsp3) is 0.286. The van der Waals surface area contributed by atoms with Crippen molar-refractivity contribution >= 4 is 36.7 Å². The lowest BCUT2D eigenvalue weighted by Gasteiger charge is -2.04. The summed E-state index contributed by atoms with van der Waals surface area (Å²) in [4.78, 5) is 33.1. The van der Waals surface area contributed by atoms with Crippen LogP contribution in [0.5, 0.6) is 0 Å². The zero-order valence-electron chi connectivity index (χ0n) is 7.70. The molecule has 0 aromatic rings. The maximum absolute atomic E-state index is 11.1. The van der Waals surface area contributed by atoms with Crippen LogP contribution in [0, 0.1) is 0 Å². The number of carbonyl (C=O) groups excluding carboxylic acids is 3. The van der Waals surface area contributed by atoms with Gasteiger partial charge in [0.05, 0.1) is 24.5 Å². The van der Waals surface area contributed by atoms with Crippen LogP contribution < -0.4 is 0 Å². The summed E-state index contributed by atoms with van der Waals surface area (Å²) >= 11 is 0. The highest BCUT2D eigenvalue weighted by atomic mass is 31.0. The highest BCUT2D eigenvalue weighted by Gasteiger charge is 2.22. The molecule has 0 aliphatic heterocycles. The number of Topliss-reactive ketones (excluding diaryl/α,β-unsaturated/α-hetero) is 1. The molecule has 2 atom stereocenters. The lowest BCUT2D eigenvalue weighted by atomic mass is 10.1. The molecular formula is C7H10O5P2. The van der Waals surface area contributed by atoms with Crippen LogP contribution >= 0.6 is 18.9 Å². The number of ketones is 1. The second-order valence-corrected chi connectivity index (χ2v) is 2.84. The number of hydrogen-bond acceptors (Lipinski definition) is 5. The summed E-state index contributed by atoms with van der Waals surface area (Å²) in [5.41, 5.74) is -0.396. The molecule has 0 amide bonds. The van der Waals surface area contributed by atoms with Crippen molar-refractivity contribution in [3.63, 3.8) is 0 Å². The molecule has 0 saturated carbocycles. The first kappa shape index (κ1) is 13.2. The highest BCUT2D eigenvalue weighted by Crippen LogP contribution is 2.12. The van der Waals surface area contributed by atoms with Gasteiger partial charge in [-0.3, -0.25) is 4.79 Å². The number of rotatable bonds is 3. The standard InChI is InChI=1S/C7H10O5P2/c1-3(6(9)11-13)5(4(2)8)7(10)12-14/h13-14H2,1-2H3. The van der Waals surface area contributed by atoms with Crippen molar-refractivity contribution in [2.75, 3.05) is 0 Å².